The molecule has 5 rings (SSSR count). The lowest BCUT2D eigenvalue weighted by molar-refractivity contribution is -0.0804. The van der Waals surface area contributed by atoms with Crippen LogP contribution < -0.4 is 0 Å². The van der Waals surface area contributed by atoms with Gasteiger partial charge in [-0.15, -0.1) is 0 Å². The van der Waals surface area contributed by atoms with E-state index in [9.17, 15) is 9.18 Å². The number of amides is 1. The molecule has 2 aliphatic heterocycles. The molecular weight excluding hydrogens is 369 g/mol. The minimum atomic E-state index is -0.435. The van der Waals surface area contributed by atoms with Gasteiger partial charge in [-0.05, 0) is 37.6 Å². The Labute approximate surface area is 168 Å². The highest BCUT2D eigenvalue weighted by atomic mass is 19.1. The molecule has 0 aliphatic carbocycles. The van der Waals surface area contributed by atoms with Crippen molar-refractivity contribution in [3.05, 3.63) is 77.5 Å². The summed E-state index contributed by atoms with van der Waals surface area (Å²) in [4.78, 5) is 19.3. The summed E-state index contributed by atoms with van der Waals surface area (Å²) in [6.45, 7) is 4.18. The molecule has 29 heavy (non-hydrogen) atoms. The molecule has 1 aromatic heterocycles. The number of hydrogen-bond acceptors (Lipinski definition) is 3. The molecule has 0 unspecified atom stereocenters. The SMILES string of the molecule is Cc1cccc(C(=O)N2CC[C@@]3(C2)Cn2c(-c4cccc(F)c4)cnc2CO3)c1. The predicted octanol–water partition coefficient (Wildman–Crippen LogP) is 3.81. The Morgan fingerprint density at radius 1 is 1.17 bits per heavy atom. The van der Waals surface area contributed by atoms with Gasteiger partial charge in [0.15, 0.2) is 0 Å². The summed E-state index contributed by atoms with van der Waals surface area (Å²) in [5.74, 6) is 0.602. The standard InChI is InChI=1S/C23H22FN3O2/c1-16-4-2-6-18(10-16)22(28)26-9-8-23(14-26)15-27-20(12-25-21(27)13-29-23)17-5-3-7-19(24)11-17/h2-7,10-12H,8-9,13-15H2,1H3/t23-/m1/s1. The number of aromatic nitrogens is 2. The Kier molecular flexibility index (Phi) is 4.24. The van der Waals surface area contributed by atoms with Crippen LogP contribution >= 0.6 is 0 Å². The van der Waals surface area contributed by atoms with Gasteiger partial charge in [0.05, 0.1) is 25.0 Å². The van der Waals surface area contributed by atoms with Crippen LogP contribution in [0, 0.1) is 12.7 Å². The molecule has 1 fully saturated rings. The summed E-state index contributed by atoms with van der Waals surface area (Å²) in [6.07, 6.45) is 2.54. The van der Waals surface area contributed by atoms with Crippen molar-refractivity contribution in [2.45, 2.75) is 32.1 Å². The summed E-state index contributed by atoms with van der Waals surface area (Å²) in [6, 6.07) is 14.2. The Balaban J connectivity index is 1.40. The Morgan fingerprint density at radius 2 is 2.03 bits per heavy atom. The molecule has 6 heteroatoms. The first-order valence-corrected chi connectivity index (χ1v) is 9.83. The third kappa shape index (κ3) is 3.23. The van der Waals surface area contributed by atoms with E-state index < -0.39 is 5.60 Å². The number of carbonyl (C=O) groups is 1. The van der Waals surface area contributed by atoms with Crippen molar-refractivity contribution >= 4 is 5.91 Å². The molecule has 1 spiro atoms. The monoisotopic (exact) mass is 391 g/mol. The third-order valence-electron chi connectivity index (χ3n) is 5.88. The number of imidazole rings is 1. The maximum absolute atomic E-state index is 13.7. The van der Waals surface area contributed by atoms with E-state index >= 15 is 0 Å². The molecule has 0 bridgehead atoms. The van der Waals surface area contributed by atoms with Crippen LogP contribution in [0.5, 0.6) is 0 Å². The smallest absolute Gasteiger partial charge is 0.253 e. The van der Waals surface area contributed by atoms with Crippen molar-refractivity contribution in [3.8, 4) is 11.3 Å². The number of nitrogens with zero attached hydrogens (tertiary/aromatic N) is 3. The summed E-state index contributed by atoms with van der Waals surface area (Å²) in [5, 5.41) is 0. The molecule has 1 atom stereocenters. The van der Waals surface area contributed by atoms with E-state index in [4.69, 9.17) is 4.74 Å². The van der Waals surface area contributed by atoms with Crippen molar-refractivity contribution in [2.24, 2.45) is 0 Å². The zero-order chi connectivity index (χ0) is 20.0. The first-order chi connectivity index (χ1) is 14.0. The number of ether oxygens (including phenoxy) is 1. The number of fused-ring (bicyclic) bond motifs is 1. The van der Waals surface area contributed by atoms with Gasteiger partial charge in [-0.3, -0.25) is 4.79 Å². The topological polar surface area (TPSA) is 47.4 Å². The van der Waals surface area contributed by atoms with Gasteiger partial charge in [0.25, 0.3) is 5.91 Å². The second-order valence-electron chi connectivity index (χ2n) is 7.97. The third-order valence-corrected chi connectivity index (χ3v) is 5.88. The molecule has 5 nitrogen and oxygen atoms in total. The van der Waals surface area contributed by atoms with Crippen molar-refractivity contribution < 1.29 is 13.9 Å². The van der Waals surface area contributed by atoms with Crippen LogP contribution in [0.3, 0.4) is 0 Å². The van der Waals surface area contributed by atoms with E-state index in [0.717, 1.165) is 29.1 Å². The minimum absolute atomic E-state index is 0.0379. The second-order valence-corrected chi connectivity index (χ2v) is 7.97. The van der Waals surface area contributed by atoms with Crippen molar-refractivity contribution in [1.82, 2.24) is 14.5 Å². The summed E-state index contributed by atoms with van der Waals surface area (Å²) in [7, 11) is 0. The maximum atomic E-state index is 13.7. The summed E-state index contributed by atoms with van der Waals surface area (Å²) < 4.78 is 22.0. The molecule has 0 radical (unpaired) electrons. The molecule has 3 heterocycles. The molecule has 1 amide bonds. The molecule has 0 saturated carbocycles. The largest absolute Gasteiger partial charge is 0.363 e. The van der Waals surface area contributed by atoms with E-state index in [-0.39, 0.29) is 11.7 Å². The van der Waals surface area contributed by atoms with Gasteiger partial charge in [-0.1, -0.05) is 29.8 Å². The van der Waals surface area contributed by atoms with Gasteiger partial charge >= 0.3 is 0 Å². The highest BCUT2D eigenvalue weighted by Gasteiger charge is 2.44. The maximum Gasteiger partial charge on any atom is 0.253 e. The van der Waals surface area contributed by atoms with E-state index in [2.05, 4.69) is 9.55 Å². The van der Waals surface area contributed by atoms with Crippen LogP contribution in [0.2, 0.25) is 0 Å². The van der Waals surface area contributed by atoms with E-state index in [1.54, 1.807) is 12.3 Å². The van der Waals surface area contributed by atoms with Crippen LogP contribution in [0.25, 0.3) is 11.3 Å². The van der Waals surface area contributed by atoms with Crippen molar-refractivity contribution in [2.75, 3.05) is 13.1 Å². The number of aryl methyl sites for hydroxylation is 1. The lowest BCUT2D eigenvalue weighted by Gasteiger charge is -2.35. The van der Waals surface area contributed by atoms with Crippen molar-refractivity contribution in [1.29, 1.82) is 0 Å². The fourth-order valence-corrected chi connectivity index (χ4v) is 4.36. The quantitative estimate of drug-likeness (QED) is 0.667. The minimum Gasteiger partial charge on any atom is -0.363 e. The summed E-state index contributed by atoms with van der Waals surface area (Å²) in [5.41, 5.74) is 3.02. The van der Waals surface area contributed by atoms with Crippen LogP contribution in [0.1, 0.15) is 28.2 Å². The van der Waals surface area contributed by atoms with Crippen molar-refractivity contribution in [3.63, 3.8) is 0 Å². The first kappa shape index (κ1) is 18.1. The molecule has 3 aromatic rings. The zero-order valence-electron chi connectivity index (χ0n) is 16.3. The first-order valence-electron chi connectivity index (χ1n) is 9.83. The molecule has 2 aromatic carbocycles. The average molecular weight is 391 g/mol. The summed E-state index contributed by atoms with van der Waals surface area (Å²) >= 11 is 0. The van der Waals surface area contributed by atoms with Crippen LogP contribution in [-0.2, 0) is 17.9 Å². The van der Waals surface area contributed by atoms with E-state index in [0.29, 0.717) is 31.8 Å². The fourth-order valence-electron chi connectivity index (χ4n) is 4.36. The van der Waals surface area contributed by atoms with Gasteiger partial charge < -0.3 is 14.2 Å². The molecule has 148 valence electrons. The number of halogens is 1. The number of hydrogen-bond donors (Lipinski definition) is 0. The second kappa shape index (κ2) is 6.81. The van der Waals surface area contributed by atoms with Crippen LogP contribution in [0.15, 0.2) is 54.7 Å². The molecule has 2 aliphatic rings. The van der Waals surface area contributed by atoms with Crippen LogP contribution in [0.4, 0.5) is 4.39 Å². The average Bonchev–Trinajstić information content (AvgIpc) is 3.32. The normalized spacial score (nSPS) is 20.8. The highest BCUT2D eigenvalue weighted by molar-refractivity contribution is 5.94. The lowest BCUT2D eigenvalue weighted by atomic mass is 10.0. The van der Waals surface area contributed by atoms with Gasteiger partial charge in [-0.25, -0.2) is 9.37 Å². The molecule has 0 N–H and O–H groups in total. The van der Waals surface area contributed by atoms with Gasteiger partial charge in [0, 0.05) is 17.7 Å². The lowest BCUT2D eigenvalue weighted by Crippen LogP contribution is -2.45. The number of carbonyl (C=O) groups excluding carboxylic acids is 1. The van der Waals surface area contributed by atoms with E-state index in [1.807, 2.05) is 42.2 Å². The Morgan fingerprint density at radius 3 is 2.86 bits per heavy atom. The number of likely N-dealkylation sites (tertiary alicyclic amines) is 1. The van der Waals surface area contributed by atoms with Gasteiger partial charge in [0.2, 0.25) is 0 Å². The van der Waals surface area contributed by atoms with Gasteiger partial charge in [-0.2, -0.15) is 0 Å². The molecule has 1 saturated heterocycles. The fraction of sp³-hybridized carbons (Fsp3) is 0.304. The Hall–Kier alpha value is -2.99. The molecular formula is C23H22FN3O2. The Bertz CT molecular complexity index is 1090. The zero-order valence-corrected chi connectivity index (χ0v) is 16.3. The number of rotatable bonds is 2. The predicted molar refractivity (Wildman–Crippen MR) is 107 cm³/mol. The van der Waals surface area contributed by atoms with Crippen LogP contribution in [-0.4, -0.2) is 39.0 Å². The highest BCUT2D eigenvalue weighted by Crippen LogP contribution is 2.35. The van der Waals surface area contributed by atoms with Gasteiger partial charge in [0.1, 0.15) is 23.8 Å². The number of benzene rings is 2. The van der Waals surface area contributed by atoms with E-state index in [1.165, 1.54) is 12.1 Å².